The normalized spacial score (nSPS) is 18.8. The zero-order valence-corrected chi connectivity index (χ0v) is 8.69. The van der Waals surface area contributed by atoms with Crippen molar-refractivity contribution < 1.29 is 4.74 Å². The van der Waals surface area contributed by atoms with Crippen LogP contribution in [0.3, 0.4) is 0 Å². The van der Waals surface area contributed by atoms with Gasteiger partial charge in [-0.25, -0.2) is 0 Å². The molecule has 3 heteroatoms. The molecule has 0 spiro atoms. The molecule has 1 aliphatic rings. The molecule has 2 heterocycles. The van der Waals surface area contributed by atoms with E-state index in [1.165, 1.54) is 5.56 Å². The van der Waals surface area contributed by atoms with Gasteiger partial charge in [0.05, 0.1) is 0 Å². The minimum atomic E-state index is 0.429. The minimum Gasteiger partial charge on any atom is -0.480 e. The summed E-state index contributed by atoms with van der Waals surface area (Å²) < 4.78 is 5.90. The fourth-order valence-electron chi connectivity index (χ4n) is 1.54. The molecule has 0 unspecified atom stereocenters. The Kier molecular flexibility index (Phi) is 2.86. The van der Waals surface area contributed by atoms with Crippen molar-refractivity contribution in [3.8, 4) is 5.06 Å². The maximum Gasteiger partial charge on any atom is 0.177 e. The molecule has 0 aromatic carbocycles. The standard InChI is InChI=1S/C10H15NOS/c1-8-4-7-13-10(8)12-9-2-5-11-6-3-9/h4,7,9,11H,2-3,5-6H2,1H3. The van der Waals surface area contributed by atoms with Crippen molar-refractivity contribution in [3.05, 3.63) is 17.0 Å². The molecule has 2 nitrogen and oxygen atoms in total. The zero-order chi connectivity index (χ0) is 9.10. The molecule has 0 saturated carbocycles. The Morgan fingerprint density at radius 3 is 2.85 bits per heavy atom. The van der Waals surface area contributed by atoms with Crippen molar-refractivity contribution in [2.24, 2.45) is 0 Å². The van der Waals surface area contributed by atoms with E-state index >= 15 is 0 Å². The highest BCUT2D eigenvalue weighted by atomic mass is 32.1. The van der Waals surface area contributed by atoms with Crippen molar-refractivity contribution in [2.75, 3.05) is 13.1 Å². The maximum absolute atomic E-state index is 5.90. The lowest BCUT2D eigenvalue weighted by molar-refractivity contribution is 0.167. The Balaban J connectivity index is 1.93. The van der Waals surface area contributed by atoms with Crippen LogP contribution in [-0.2, 0) is 0 Å². The molecule has 1 aliphatic heterocycles. The average Bonchev–Trinajstić information content (AvgIpc) is 2.54. The zero-order valence-electron chi connectivity index (χ0n) is 7.88. The van der Waals surface area contributed by atoms with Crippen LogP contribution in [0.15, 0.2) is 11.4 Å². The molecule has 2 rings (SSSR count). The highest BCUT2D eigenvalue weighted by Gasteiger charge is 2.15. The molecular formula is C10H15NOS. The molecule has 1 N–H and O–H groups in total. The van der Waals surface area contributed by atoms with Gasteiger partial charge in [0, 0.05) is 5.56 Å². The number of hydrogen-bond donors (Lipinski definition) is 1. The number of ether oxygens (including phenoxy) is 1. The van der Waals surface area contributed by atoms with E-state index in [2.05, 4.69) is 23.7 Å². The first-order valence-corrected chi connectivity index (χ1v) is 5.65. The lowest BCUT2D eigenvalue weighted by atomic mass is 10.1. The molecule has 1 fully saturated rings. The van der Waals surface area contributed by atoms with Crippen LogP contribution < -0.4 is 10.1 Å². The highest BCUT2D eigenvalue weighted by Crippen LogP contribution is 2.27. The Labute approximate surface area is 82.9 Å². The van der Waals surface area contributed by atoms with Crippen molar-refractivity contribution in [1.82, 2.24) is 5.32 Å². The molecule has 72 valence electrons. The van der Waals surface area contributed by atoms with Gasteiger partial charge < -0.3 is 10.1 Å². The summed E-state index contributed by atoms with van der Waals surface area (Å²) >= 11 is 1.70. The number of hydrogen-bond acceptors (Lipinski definition) is 3. The lowest BCUT2D eigenvalue weighted by Crippen LogP contribution is -2.34. The van der Waals surface area contributed by atoms with Gasteiger partial charge >= 0.3 is 0 Å². The summed E-state index contributed by atoms with van der Waals surface area (Å²) in [6.07, 6.45) is 2.70. The second-order valence-electron chi connectivity index (χ2n) is 3.46. The molecule has 1 aromatic rings. The van der Waals surface area contributed by atoms with E-state index < -0.39 is 0 Å². The molecule has 0 radical (unpaired) electrons. The van der Waals surface area contributed by atoms with Crippen LogP contribution in [0.4, 0.5) is 0 Å². The Morgan fingerprint density at radius 2 is 2.23 bits per heavy atom. The molecule has 0 bridgehead atoms. The molecule has 1 aromatic heterocycles. The number of nitrogens with one attached hydrogen (secondary N) is 1. The molecule has 0 amide bonds. The third kappa shape index (κ3) is 2.23. The van der Waals surface area contributed by atoms with Crippen LogP contribution in [-0.4, -0.2) is 19.2 Å². The van der Waals surface area contributed by atoms with Gasteiger partial charge in [0.1, 0.15) is 6.10 Å². The first-order valence-electron chi connectivity index (χ1n) is 4.78. The second-order valence-corrected chi connectivity index (χ2v) is 4.34. The van der Waals surface area contributed by atoms with Crippen LogP contribution in [0.1, 0.15) is 18.4 Å². The van der Waals surface area contributed by atoms with E-state index in [1.807, 2.05) is 0 Å². The monoisotopic (exact) mass is 197 g/mol. The predicted octanol–water partition coefficient (Wildman–Crippen LogP) is 2.19. The Hall–Kier alpha value is -0.540. The Bertz CT molecular complexity index is 266. The van der Waals surface area contributed by atoms with E-state index in [-0.39, 0.29) is 0 Å². The highest BCUT2D eigenvalue weighted by molar-refractivity contribution is 7.12. The smallest absolute Gasteiger partial charge is 0.177 e. The summed E-state index contributed by atoms with van der Waals surface area (Å²) in [4.78, 5) is 0. The summed E-state index contributed by atoms with van der Waals surface area (Å²) in [5.41, 5.74) is 1.27. The number of piperidine rings is 1. The van der Waals surface area contributed by atoms with Gasteiger partial charge in [0.2, 0.25) is 0 Å². The summed E-state index contributed by atoms with van der Waals surface area (Å²) in [5, 5.41) is 6.52. The van der Waals surface area contributed by atoms with Gasteiger partial charge in [-0.15, -0.1) is 11.3 Å². The van der Waals surface area contributed by atoms with Crippen LogP contribution >= 0.6 is 11.3 Å². The summed E-state index contributed by atoms with van der Waals surface area (Å²) in [6, 6.07) is 2.11. The van der Waals surface area contributed by atoms with Gasteiger partial charge in [-0.2, -0.15) is 0 Å². The summed E-state index contributed by atoms with van der Waals surface area (Å²) in [7, 11) is 0. The average molecular weight is 197 g/mol. The molecule has 13 heavy (non-hydrogen) atoms. The van der Waals surface area contributed by atoms with Crippen molar-refractivity contribution in [1.29, 1.82) is 0 Å². The topological polar surface area (TPSA) is 21.3 Å². The third-order valence-corrected chi connectivity index (χ3v) is 3.28. The summed E-state index contributed by atoms with van der Waals surface area (Å²) in [5.74, 6) is 0. The van der Waals surface area contributed by atoms with Crippen LogP contribution in [0.2, 0.25) is 0 Å². The SMILES string of the molecule is Cc1ccsc1OC1CCNCC1. The van der Waals surface area contributed by atoms with E-state index in [0.717, 1.165) is 31.0 Å². The number of rotatable bonds is 2. The molecule has 0 atom stereocenters. The fraction of sp³-hybridized carbons (Fsp3) is 0.600. The van der Waals surface area contributed by atoms with Crippen molar-refractivity contribution in [2.45, 2.75) is 25.9 Å². The molecule has 0 aliphatic carbocycles. The molecular weight excluding hydrogens is 182 g/mol. The third-order valence-electron chi connectivity index (χ3n) is 2.37. The van der Waals surface area contributed by atoms with Gasteiger partial charge in [0.15, 0.2) is 5.06 Å². The van der Waals surface area contributed by atoms with Crippen molar-refractivity contribution in [3.63, 3.8) is 0 Å². The number of thiophene rings is 1. The second kappa shape index (κ2) is 4.11. The summed E-state index contributed by atoms with van der Waals surface area (Å²) in [6.45, 7) is 4.29. The van der Waals surface area contributed by atoms with E-state index in [0.29, 0.717) is 6.10 Å². The van der Waals surface area contributed by atoms with Crippen LogP contribution in [0, 0.1) is 6.92 Å². The lowest BCUT2D eigenvalue weighted by Gasteiger charge is -2.23. The predicted molar refractivity (Wildman–Crippen MR) is 55.6 cm³/mol. The largest absolute Gasteiger partial charge is 0.480 e. The van der Waals surface area contributed by atoms with Crippen LogP contribution in [0.5, 0.6) is 5.06 Å². The van der Waals surface area contributed by atoms with Gasteiger partial charge in [-0.1, -0.05) is 0 Å². The first-order chi connectivity index (χ1) is 6.36. The van der Waals surface area contributed by atoms with E-state index in [1.54, 1.807) is 11.3 Å². The van der Waals surface area contributed by atoms with Crippen molar-refractivity contribution >= 4 is 11.3 Å². The quantitative estimate of drug-likeness (QED) is 0.784. The number of aryl methyl sites for hydroxylation is 1. The van der Waals surface area contributed by atoms with Gasteiger partial charge in [-0.05, 0) is 44.3 Å². The van der Waals surface area contributed by atoms with Gasteiger partial charge in [0.25, 0.3) is 0 Å². The maximum atomic E-state index is 5.90. The molecule has 1 saturated heterocycles. The first kappa shape index (κ1) is 9.03. The Morgan fingerprint density at radius 1 is 1.46 bits per heavy atom. The minimum absolute atomic E-state index is 0.429. The fourth-order valence-corrected chi connectivity index (χ4v) is 2.39. The van der Waals surface area contributed by atoms with Gasteiger partial charge in [-0.3, -0.25) is 0 Å². The van der Waals surface area contributed by atoms with Crippen LogP contribution in [0.25, 0.3) is 0 Å². The van der Waals surface area contributed by atoms with E-state index in [9.17, 15) is 0 Å². The van der Waals surface area contributed by atoms with E-state index in [4.69, 9.17) is 4.74 Å².